The lowest BCUT2D eigenvalue weighted by Crippen LogP contribution is -2.47. The highest BCUT2D eigenvalue weighted by Gasteiger charge is 2.22. The third-order valence-electron chi connectivity index (χ3n) is 3.27. The first kappa shape index (κ1) is 17.5. The average molecular weight is 315 g/mol. The quantitative estimate of drug-likeness (QED) is 0.444. The Morgan fingerprint density at radius 1 is 1.29 bits per heavy atom. The molecule has 118 valence electrons. The molecule has 7 nitrogen and oxygen atoms in total. The number of halogens is 1. The molecule has 0 aromatic carbocycles. The summed E-state index contributed by atoms with van der Waals surface area (Å²) in [5.74, 6) is -0.569. The molecule has 0 radical (unpaired) electrons. The van der Waals surface area contributed by atoms with Crippen molar-refractivity contribution in [3.8, 4) is 0 Å². The molecule has 1 heterocycles. The molecule has 0 spiro atoms. The fourth-order valence-corrected chi connectivity index (χ4v) is 2.05. The Morgan fingerprint density at radius 3 is 2.43 bits per heavy atom. The van der Waals surface area contributed by atoms with Gasteiger partial charge in [0.25, 0.3) is 0 Å². The molecule has 1 rings (SSSR count). The molecule has 0 unspecified atom stereocenters. The Balaban J connectivity index is 2.97. The van der Waals surface area contributed by atoms with Gasteiger partial charge in [0, 0.05) is 12.3 Å². The van der Waals surface area contributed by atoms with E-state index in [4.69, 9.17) is 23.1 Å². The van der Waals surface area contributed by atoms with Crippen LogP contribution >= 0.6 is 11.6 Å². The summed E-state index contributed by atoms with van der Waals surface area (Å²) in [6.07, 6.45) is 2.00. The zero-order chi connectivity index (χ0) is 16.2. The zero-order valence-corrected chi connectivity index (χ0v) is 13.7. The van der Waals surface area contributed by atoms with Gasteiger partial charge in [0.05, 0.1) is 27.7 Å². The van der Waals surface area contributed by atoms with E-state index in [1.165, 1.54) is 0 Å². The van der Waals surface area contributed by atoms with Crippen molar-refractivity contribution in [1.82, 2.24) is 9.97 Å². The smallest absolute Gasteiger partial charge is 0.172 e. The van der Waals surface area contributed by atoms with Crippen LogP contribution in [0.15, 0.2) is 4.99 Å². The number of likely N-dealkylation sites (N-methyl/N-ethyl adjacent to an activating group) is 1. The fraction of sp³-hybridized carbons (Fsp3) is 0.615. The van der Waals surface area contributed by atoms with Gasteiger partial charge in [0.1, 0.15) is 11.7 Å². The van der Waals surface area contributed by atoms with Crippen LogP contribution in [-0.4, -0.2) is 54.1 Å². The maximum Gasteiger partial charge on any atom is 0.172 e. The van der Waals surface area contributed by atoms with Crippen LogP contribution in [0.25, 0.3) is 0 Å². The molecular formula is C13H23ClN6O. The number of quaternary nitrogens is 1. The number of nitrogens with two attached hydrogens (primary N) is 2. The van der Waals surface area contributed by atoms with Gasteiger partial charge >= 0.3 is 0 Å². The number of rotatable bonds is 6. The zero-order valence-electron chi connectivity index (χ0n) is 12.9. The normalized spacial score (nSPS) is 14.2. The topological polar surface area (TPSA) is 113 Å². The van der Waals surface area contributed by atoms with Gasteiger partial charge in [-0.05, 0) is 0 Å². The molecule has 21 heavy (non-hydrogen) atoms. The van der Waals surface area contributed by atoms with E-state index in [-0.39, 0.29) is 28.5 Å². The number of hydrogen-bond acceptors (Lipinski definition) is 6. The standard InChI is InChI=1S/C13H23ClN6O/c1-5-6-8(20(2,3)4)7-17-13(21)9-11(15)19-12(16)10(14)18-9/h8H,5-7H2,1-4H3,(H4-,15,16,17,19,21)/t8-/m0/s1. The molecule has 0 saturated carbocycles. The van der Waals surface area contributed by atoms with Crippen LogP contribution < -0.4 is 16.6 Å². The Morgan fingerprint density at radius 2 is 1.90 bits per heavy atom. The number of nitrogen functional groups attached to an aromatic ring is 2. The summed E-state index contributed by atoms with van der Waals surface area (Å²) in [7, 11) is 6.23. The molecular weight excluding hydrogens is 292 g/mol. The van der Waals surface area contributed by atoms with Gasteiger partial charge in [-0.2, -0.15) is 0 Å². The van der Waals surface area contributed by atoms with Gasteiger partial charge in [-0.25, -0.2) is 9.97 Å². The molecule has 8 heteroatoms. The second-order valence-electron chi connectivity index (χ2n) is 5.84. The number of nitrogens with zero attached hydrogens (tertiary/aromatic N) is 4. The SMILES string of the molecule is CCC[C@@H](CN=C([O-])c1nc(Cl)c(N)nc1N)[N+](C)(C)C. The second-order valence-corrected chi connectivity index (χ2v) is 6.20. The van der Waals surface area contributed by atoms with Crippen molar-refractivity contribution in [3.63, 3.8) is 0 Å². The third kappa shape index (κ3) is 4.71. The van der Waals surface area contributed by atoms with E-state index in [0.29, 0.717) is 6.54 Å². The van der Waals surface area contributed by atoms with Crippen molar-refractivity contribution in [2.75, 3.05) is 39.2 Å². The van der Waals surface area contributed by atoms with Crippen molar-refractivity contribution in [1.29, 1.82) is 0 Å². The highest BCUT2D eigenvalue weighted by molar-refractivity contribution is 6.31. The third-order valence-corrected chi connectivity index (χ3v) is 3.55. The minimum atomic E-state index is -0.517. The summed E-state index contributed by atoms with van der Waals surface area (Å²) in [6.45, 7) is 2.51. The van der Waals surface area contributed by atoms with Crippen LogP contribution in [0.4, 0.5) is 11.6 Å². The lowest BCUT2D eigenvalue weighted by atomic mass is 10.1. The summed E-state index contributed by atoms with van der Waals surface area (Å²) in [6, 6.07) is 0.248. The maximum absolute atomic E-state index is 12.1. The number of anilines is 2. The van der Waals surface area contributed by atoms with E-state index < -0.39 is 5.90 Å². The first-order chi connectivity index (χ1) is 9.66. The molecule has 0 amide bonds. The maximum atomic E-state index is 12.1. The Labute approximate surface area is 130 Å². The summed E-state index contributed by atoms with van der Waals surface area (Å²) >= 11 is 5.76. The van der Waals surface area contributed by atoms with E-state index in [2.05, 4.69) is 43.0 Å². The predicted molar refractivity (Wildman–Crippen MR) is 84.0 cm³/mol. The predicted octanol–water partition coefficient (Wildman–Crippen LogP) is 0.276. The minimum absolute atomic E-state index is 0.000865. The molecule has 4 N–H and O–H groups in total. The molecule has 1 aromatic heterocycles. The van der Waals surface area contributed by atoms with Crippen LogP contribution in [0, 0.1) is 0 Å². The molecule has 0 aliphatic carbocycles. The van der Waals surface area contributed by atoms with Gasteiger partial charge in [0.15, 0.2) is 16.8 Å². The van der Waals surface area contributed by atoms with E-state index in [0.717, 1.165) is 17.3 Å². The van der Waals surface area contributed by atoms with E-state index in [1.807, 2.05) is 0 Å². The van der Waals surface area contributed by atoms with Crippen molar-refractivity contribution in [3.05, 3.63) is 10.8 Å². The van der Waals surface area contributed by atoms with Gasteiger partial charge in [-0.3, -0.25) is 4.99 Å². The fourth-order valence-electron chi connectivity index (χ4n) is 1.92. The largest absolute Gasteiger partial charge is 0.857 e. The van der Waals surface area contributed by atoms with Crippen LogP contribution in [0.1, 0.15) is 25.5 Å². The highest BCUT2D eigenvalue weighted by Crippen LogP contribution is 2.17. The van der Waals surface area contributed by atoms with Crippen LogP contribution in [-0.2, 0) is 0 Å². The van der Waals surface area contributed by atoms with Crippen molar-refractivity contribution >= 4 is 29.1 Å². The number of aliphatic imine (C=N–C) groups is 1. The molecule has 0 saturated heterocycles. The Bertz CT molecular complexity index is 526. The average Bonchev–Trinajstić information content (AvgIpc) is 2.37. The van der Waals surface area contributed by atoms with Gasteiger partial charge < -0.3 is 21.1 Å². The van der Waals surface area contributed by atoms with Crippen LogP contribution in [0.5, 0.6) is 0 Å². The molecule has 1 atom stereocenters. The summed E-state index contributed by atoms with van der Waals surface area (Å²) in [5.41, 5.74) is 11.1. The van der Waals surface area contributed by atoms with Gasteiger partial charge in [-0.1, -0.05) is 24.9 Å². The minimum Gasteiger partial charge on any atom is -0.857 e. The first-order valence-corrected chi connectivity index (χ1v) is 7.16. The first-order valence-electron chi connectivity index (χ1n) is 6.78. The molecule has 1 aromatic rings. The molecule has 0 fully saturated rings. The Kier molecular flexibility index (Phi) is 5.74. The van der Waals surface area contributed by atoms with Gasteiger partial charge in [-0.15, -0.1) is 0 Å². The number of aromatic nitrogens is 2. The second kappa shape index (κ2) is 6.91. The highest BCUT2D eigenvalue weighted by atomic mass is 35.5. The van der Waals surface area contributed by atoms with Crippen LogP contribution in [0.3, 0.4) is 0 Å². The lowest BCUT2D eigenvalue weighted by molar-refractivity contribution is -0.894. The monoisotopic (exact) mass is 314 g/mol. The van der Waals surface area contributed by atoms with Crippen molar-refractivity contribution in [2.24, 2.45) is 4.99 Å². The molecule has 0 aliphatic heterocycles. The molecule has 0 aliphatic rings. The summed E-state index contributed by atoms with van der Waals surface area (Å²) in [5, 5.41) is 12.1. The van der Waals surface area contributed by atoms with E-state index >= 15 is 0 Å². The summed E-state index contributed by atoms with van der Waals surface area (Å²) < 4.78 is 0.730. The van der Waals surface area contributed by atoms with Crippen LogP contribution in [0.2, 0.25) is 5.15 Å². The lowest BCUT2D eigenvalue weighted by Gasteiger charge is -2.33. The number of hydrogen-bond donors (Lipinski definition) is 2. The van der Waals surface area contributed by atoms with Crippen molar-refractivity contribution < 1.29 is 9.59 Å². The van der Waals surface area contributed by atoms with E-state index in [9.17, 15) is 5.11 Å². The molecule has 0 bridgehead atoms. The Hall–Kier alpha value is -1.60. The van der Waals surface area contributed by atoms with Crippen molar-refractivity contribution in [2.45, 2.75) is 25.8 Å². The van der Waals surface area contributed by atoms with Gasteiger partial charge in [0.2, 0.25) is 0 Å². The van der Waals surface area contributed by atoms with E-state index in [1.54, 1.807) is 0 Å². The summed E-state index contributed by atoms with van der Waals surface area (Å²) in [4.78, 5) is 11.7.